The van der Waals surface area contributed by atoms with Crippen LogP contribution in [-0.2, 0) is 13.1 Å². The van der Waals surface area contributed by atoms with Gasteiger partial charge < -0.3 is 40.2 Å². The number of rotatable bonds is 29. The van der Waals surface area contributed by atoms with Crippen LogP contribution in [0, 0.1) is 0 Å². The van der Waals surface area contributed by atoms with E-state index < -0.39 is 0 Å². The largest absolute Gasteiger partial charge is 0.493 e. The summed E-state index contributed by atoms with van der Waals surface area (Å²) >= 11 is 0. The first-order valence-corrected chi connectivity index (χ1v) is 18.7. The van der Waals surface area contributed by atoms with Crippen LogP contribution in [0.1, 0.15) is 62.5 Å². The monoisotopic (exact) mass is 686 g/mol. The number of ether oxygens (including phenoxy) is 4. The van der Waals surface area contributed by atoms with Gasteiger partial charge in [0.2, 0.25) is 0 Å². The van der Waals surface area contributed by atoms with Crippen molar-refractivity contribution >= 4 is 34.0 Å². The van der Waals surface area contributed by atoms with E-state index in [-0.39, 0.29) is 12.4 Å². The minimum atomic E-state index is 0. The smallest absolute Gasteiger partial charge is 0.165 e. The molecule has 2 aromatic carbocycles. The van der Waals surface area contributed by atoms with Crippen molar-refractivity contribution in [2.24, 2.45) is 0 Å². The second-order valence-corrected chi connectivity index (χ2v) is 13.3. The summed E-state index contributed by atoms with van der Waals surface area (Å²) in [6.07, 6.45) is 9.99. The third-order valence-corrected chi connectivity index (χ3v) is 9.73. The van der Waals surface area contributed by atoms with Crippen LogP contribution in [0.2, 0.25) is 0 Å². The van der Waals surface area contributed by atoms with Crippen LogP contribution in [0.5, 0.6) is 23.0 Å². The minimum Gasteiger partial charge on any atom is -0.493 e. The molecular weight excluding hydrogens is 628 g/mol. The fraction of sp³-hybridized carbons (Fsp3) is 0.647. The van der Waals surface area contributed by atoms with Gasteiger partial charge in [-0.05, 0) is 64.0 Å². The van der Waals surface area contributed by atoms with Gasteiger partial charge in [0.05, 0.1) is 28.4 Å². The van der Waals surface area contributed by atoms with Crippen molar-refractivity contribution in [1.29, 1.82) is 0 Å². The van der Waals surface area contributed by atoms with E-state index >= 15 is 0 Å². The quantitative estimate of drug-likeness (QED) is 0.0548. The Morgan fingerprint density at radius 2 is 0.844 bits per heavy atom. The molecule has 258 valence electrons. The Bertz CT molecular complexity index is 916. The van der Waals surface area contributed by atoms with Crippen LogP contribution in [-0.4, -0.2) is 79.2 Å². The summed E-state index contributed by atoms with van der Waals surface area (Å²) in [5, 5.41) is 14.2. The van der Waals surface area contributed by atoms with Crippen LogP contribution < -0.4 is 40.2 Å². The van der Waals surface area contributed by atoms with Crippen molar-refractivity contribution in [1.82, 2.24) is 21.3 Å². The topological polar surface area (TPSA) is 85.0 Å². The van der Waals surface area contributed by atoms with Crippen molar-refractivity contribution in [2.75, 3.05) is 79.2 Å². The Labute approximate surface area is 287 Å². The number of para-hydroxylation sites is 2. The highest BCUT2D eigenvalue weighted by Gasteiger charge is 2.09. The molecule has 4 N–H and O–H groups in total. The van der Waals surface area contributed by atoms with E-state index in [1.54, 1.807) is 28.4 Å². The molecule has 2 rings (SSSR count). The highest BCUT2D eigenvalue weighted by molar-refractivity contribution is 8.76. The molecule has 0 saturated carbocycles. The summed E-state index contributed by atoms with van der Waals surface area (Å²) in [6, 6.07) is 12.1. The zero-order valence-electron chi connectivity index (χ0n) is 28.0. The third kappa shape index (κ3) is 18.4. The Morgan fingerprint density at radius 3 is 1.20 bits per heavy atom. The van der Waals surface area contributed by atoms with Gasteiger partial charge in [-0.25, -0.2) is 0 Å². The Hall–Kier alpha value is -1.53. The number of hydrogen-bond acceptors (Lipinski definition) is 10. The van der Waals surface area contributed by atoms with Gasteiger partial charge in [0.25, 0.3) is 0 Å². The Morgan fingerprint density at radius 1 is 0.467 bits per heavy atom. The predicted octanol–water partition coefficient (Wildman–Crippen LogP) is 6.70. The molecule has 0 radical (unpaired) electrons. The molecule has 0 aliphatic rings. The maximum Gasteiger partial charge on any atom is 0.165 e. The van der Waals surface area contributed by atoms with E-state index in [1.807, 2.05) is 45.9 Å². The third-order valence-electron chi connectivity index (χ3n) is 7.32. The molecule has 0 bridgehead atoms. The fourth-order valence-electron chi connectivity index (χ4n) is 4.93. The van der Waals surface area contributed by atoms with Crippen molar-refractivity contribution in [3.8, 4) is 23.0 Å². The van der Waals surface area contributed by atoms with E-state index in [9.17, 15) is 0 Å². The molecule has 45 heavy (non-hydrogen) atoms. The van der Waals surface area contributed by atoms with Crippen molar-refractivity contribution in [3.05, 3.63) is 47.5 Å². The molecule has 11 heteroatoms. The van der Waals surface area contributed by atoms with E-state index in [4.69, 9.17) is 18.9 Å². The summed E-state index contributed by atoms with van der Waals surface area (Å²) in [7, 11) is 10.7. The number of hydrogen-bond donors (Lipinski definition) is 4. The molecule has 0 aliphatic heterocycles. The first-order chi connectivity index (χ1) is 21.7. The standard InChI is InChI=1S/C34H58N4O4S2.ClH/c1-39-31-17-13-15-29(33(31)41-3)27-37-21-11-7-5-9-19-35-23-25-43-44-26-24-36-20-10-6-8-12-22-38-28-30-16-14-18-32(40-2)34(30)42-4;/h13-18,35-38H,5-12,19-28H2,1-4H3;1H. The van der Waals surface area contributed by atoms with Crippen LogP contribution in [0.4, 0.5) is 0 Å². The molecular formula is C34H59ClN4O4S2. The average Bonchev–Trinajstić information content (AvgIpc) is 3.06. The van der Waals surface area contributed by atoms with Gasteiger partial charge in [-0.1, -0.05) is 71.5 Å². The van der Waals surface area contributed by atoms with Crippen LogP contribution in [0.15, 0.2) is 36.4 Å². The highest BCUT2D eigenvalue weighted by atomic mass is 35.5. The zero-order valence-corrected chi connectivity index (χ0v) is 30.5. The Balaban J connectivity index is 0.0000101. The van der Waals surface area contributed by atoms with Gasteiger partial charge in [-0.3, -0.25) is 0 Å². The molecule has 2 aromatic rings. The van der Waals surface area contributed by atoms with Crippen LogP contribution >= 0.6 is 34.0 Å². The van der Waals surface area contributed by atoms with Crippen molar-refractivity contribution in [3.63, 3.8) is 0 Å². The second-order valence-electron chi connectivity index (χ2n) is 10.6. The number of benzene rings is 2. The van der Waals surface area contributed by atoms with Crippen molar-refractivity contribution in [2.45, 2.75) is 64.5 Å². The lowest BCUT2D eigenvalue weighted by molar-refractivity contribution is 0.350. The number of halogens is 1. The van der Waals surface area contributed by atoms with Crippen molar-refractivity contribution < 1.29 is 18.9 Å². The molecule has 0 aliphatic carbocycles. The lowest BCUT2D eigenvalue weighted by Gasteiger charge is -2.13. The van der Waals surface area contributed by atoms with Gasteiger partial charge in [0.1, 0.15) is 0 Å². The van der Waals surface area contributed by atoms with Crippen LogP contribution in [0.3, 0.4) is 0 Å². The number of unbranched alkanes of at least 4 members (excludes halogenated alkanes) is 6. The lowest BCUT2D eigenvalue weighted by Crippen LogP contribution is -2.19. The minimum absolute atomic E-state index is 0. The molecule has 0 aromatic heterocycles. The molecule has 0 amide bonds. The summed E-state index contributed by atoms with van der Waals surface area (Å²) in [5.74, 6) is 5.56. The SMILES string of the molecule is COc1cccc(CNCCCCCCNCCSSCCNCCCCCCNCc2cccc(OC)c2OC)c1OC.Cl. The van der Waals surface area contributed by atoms with E-state index in [2.05, 4.69) is 33.4 Å². The molecule has 0 saturated heterocycles. The molecule has 0 heterocycles. The summed E-state index contributed by atoms with van der Waals surface area (Å²) in [4.78, 5) is 0. The first-order valence-electron chi connectivity index (χ1n) is 16.2. The lowest BCUT2D eigenvalue weighted by atomic mass is 10.1. The average molecular weight is 687 g/mol. The number of methoxy groups -OCH3 is 4. The van der Waals surface area contributed by atoms with Gasteiger partial charge in [0.15, 0.2) is 23.0 Å². The molecule has 0 unspecified atom stereocenters. The van der Waals surface area contributed by atoms with Gasteiger partial charge >= 0.3 is 0 Å². The first kappa shape index (κ1) is 41.5. The van der Waals surface area contributed by atoms with Gasteiger partial charge in [0, 0.05) is 48.8 Å². The second kappa shape index (κ2) is 28.7. The van der Waals surface area contributed by atoms with E-state index in [0.29, 0.717) is 0 Å². The molecule has 0 atom stereocenters. The molecule has 8 nitrogen and oxygen atoms in total. The summed E-state index contributed by atoms with van der Waals surface area (Å²) in [5.41, 5.74) is 2.27. The van der Waals surface area contributed by atoms with Crippen LogP contribution in [0.25, 0.3) is 0 Å². The maximum absolute atomic E-state index is 5.50. The van der Waals surface area contributed by atoms with Gasteiger partial charge in [-0.15, -0.1) is 12.4 Å². The Kier molecular flexibility index (Phi) is 26.4. The fourth-order valence-corrected chi connectivity index (χ4v) is 6.83. The maximum atomic E-state index is 5.50. The van der Waals surface area contributed by atoms with E-state index in [0.717, 1.165) is 86.5 Å². The molecule has 0 fully saturated rings. The predicted molar refractivity (Wildman–Crippen MR) is 197 cm³/mol. The van der Waals surface area contributed by atoms with Gasteiger partial charge in [-0.2, -0.15) is 0 Å². The molecule has 0 spiro atoms. The summed E-state index contributed by atoms with van der Waals surface area (Å²) < 4.78 is 21.8. The zero-order chi connectivity index (χ0) is 31.5. The highest BCUT2D eigenvalue weighted by Crippen LogP contribution is 2.31. The number of nitrogens with one attached hydrogen (secondary N) is 4. The van der Waals surface area contributed by atoms with E-state index in [1.165, 1.54) is 62.9 Å². The summed E-state index contributed by atoms with van der Waals surface area (Å²) in [6.45, 7) is 8.08. The normalized spacial score (nSPS) is 10.8.